The number of piperidine rings is 1. The Morgan fingerprint density at radius 3 is 2.48 bits per heavy atom. The molecule has 0 radical (unpaired) electrons. The molecule has 1 aliphatic heterocycles. The van der Waals surface area contributed by atoms with Crippen LogP contribution in [0.25, 0.3) is 0 Å². The van der Waals surface area contributed by atoms with Crippen LogP contribution in [0.4, 0.5) is 0 Å². The number of hydrogen-bond acceptors (Lipinski definition) is 3. The van der Waals surface area contributed by atoms with Gasteiger partial charge in [0.05, 0.1) is 12.6 Å². The molecule has 1 heterocycles. The van der Waals surface area contributed by atoms with Crippen molar-refractivity contribution in [3.63, 3.8) is 0 Å². The summed E-state index contributed by atoms with van der Waals surface area (Å²) in [5.41, 5.74) is 2.19. The first-order valence-corrected chi connectivity index (χ1v) is 10.8. The molecule has 0 amide bonds. The lowest BCUT2D eigenvalue weighted by Crippen LogP contribution is -2.48. The van der Waals surface area contributed by atoms with Gasteiger partial charge in [-0.1, -0.05) is 54.1 Å². The third kappa shape index (κ3) is 7.03. The zero-order chi connectivity index (χ0) is 20.5. The summed E-state index contributed by atoms with van der Waals surface area (Å²) in [5, 5.41) is 17.9. The Bertz CT molecular complexity index is 758. The van der Waals surface area contributed by atoms with Gasteiger partial charge >= 0.3 is 0 Å². The van der Waals surface area contributed by atoms with Crippen LogP contribution in [0.15, 0.2) is 59.6 Å². The molecule has 0 saturated carbocycles. The third-order valence-corrected chi connectivity index (χ3v) is 5.45. The van der Waals surface area contributed by atoms with Crippen molar-refractivity contribution in [1.82, 2.24) is 15.5 Å². The summed E-state index contributed by atoms with van der Waals surface area (Å²) < 4.78 is 0. The Kier molecular flexibility index (Phi) is 8.35. The van der Waals surface area contributed by atoms with Crippen molar-refractivity contribution >= 4 is 17.6 Å². The SMILES string of the molecule is CCNC(=NCC(O)c1ccc(Cl)cc1)NC1CCN(Cc2ccccc2)CC1. The van der Waals surface area contributed by atoms with Gasteiger partial charge in [-0.15, -0.1) is 0 Å². The van der Waals surface area contributed by atoms with E-state index in [9.17, 15) is 5.11 Å². The number of guanidine groups is 1. The molecule has 0 bridgehead atoms. The minimum Gasteiger partial charge on any atom is -0.386 e. The van der Waals surface area contributed by atoms with Crippen LogP contribution in [0.1, 0.15) is 37.0 Å². The highest BCUT2D eigenvalue weighted by atomic mass is 35.5. The molecule has 1 aliphatic rings. The lowest BCUT2D eigenvalue weighted by atomic mass is 10.0. The van der Waals surface area contributed by atoms with Crippen LogP contribution >= 0.6 is 11.6 Å². The van der Waals surface area contributed by atoms with Crippen LogP contribution in [-0.4, -0.2) is 48.2 Å². The molecular weight excluding hydrogens is 384 g/mol. The van der Waals surface area contributed by atoms with E-state index in [1.54, 1.807) is 12.1 Å². The van der Waals surface area contributed by atoms with Gasteiger partial charge in [-0.05, 0) is 43.0 Å². The van der Waals surface area contributed by atoms with Crippen molar-refractivity contribution in [1.29, 1.82) is 0 Å². The lowest BCUT2D eigenvalue weighted by Gasteiger charge is -2.33. The molecule has 2 aromatic carbocycles. The molecule has 29 heavy (non-hydrogen) atoms. The number of nitrogens with one attached hydrogen (secondary N) is 2. The molecule has 0 aromatic heterocycles. The molecule has 3 N–H and O–H groups in total. The normalized spacial score (nSPS) is 17.1. The van der Waals surface area contributed by atoms with Crippen LogP contribution in [0.2, 0.25) is 5.02 Å². The molecule has 1 fully saturated rings. The average molecular weight is 415 g/mol. The standard InChI is InChI=1S/C23H31ClN4O/c1-2-25-23(26-16-22(29)19-8-10-20(24)11-9-19)27-21-12-14-28(15-13-21)17-18-6-4-3-5-7-18/h3-11,21-22,29H,2,12-17H2,1H3,(H2,25,26,27). The van der Waals surface area contributed by atoms with Crippen LogP contribution in [0, 0.1) is 0 Å². The van der Waals surface area contributed by atoms with E-state index in [0.29, 0.717) is 17.6 Å². The van der Waals surface area contributed by atoms with E-state index in [0.717, 1.165) is 50.5 Å². The Morgan fingerprint density at radius 1 is 1.14 bits per heavy atom. The fourth-order valence-electron chi connectivity index (χ4n) is 3.56. The number of hydrogen-bond donors (Lipinski definition) is 3. The number of rotatable bonds is 7. The average Bonchev–Trinajstić information content (AvgIpc) is 2.74. The highest BCUT2D eigenvalue weighted by molar-refractivity contribution is 6.30. The van der Waals surface area contributed by atoms with Gasteiger partial charge in [0.15, 0.2) is 5.96 Å². The largest absolute Gasteiger partial charge is 0.386 e. The highest BCUT2D eigenvalue weighted by Crippen LogP contribution is 2.17. The summed E-state index contributed by atoms with van der Waals surface area (Å²) in [6.07, 6.45) is 1.52. The molecule has 1 saturated heterocycles. The van der Waals surface area contributed by atoms with Gasteiger partial charge < -0.3 is 15.7 Å². The minimum absolute atomic E-state index is 0.309. The Balaban J connectivity index is 1.48. The van der Waals surface area contributed by atoms with Crippen LogP contribution < -0.4 is 10.6 Å². The molecule has 5 nitrogen and oxygen atoms in total. The number of nitrogens with zero attached hydrogens (tertiary/aromatic N) is 2. The van der Waals surface area contributed by atoms with Gasteiger partial charge in [0.2, 0.25) is 0 Å². The second-order valence-electron chi connectivity index (χ2n) is 7.47. The predicted octanol–water partition coefficient (Wildman–Crippen LogP) is 3.59. The summed E-state index contributed by atoms with van der Waals surface area (Å²) in [7, 11) is 0. The third-order valence-electron chi connectivity index (χ3n) is 5.20. The monoisotopic (exact) mass is 414 g/mol. The Hall–Kier alpha value is -2.08. The maximum absolute atomic E-state index is 10.4. The molecular formula is C23H31ClN4O. The van der Waals surface area contributed by atoms with Gasteiger partial charge in [-0.25, -0.2) is 0 Å². The number of aliphatic hydroxyl groups is 1. The number of likely N-dealkylation sites (tertiary alicyclic amines) is 1. The zero-order valence-corrected chi connectivity index (χ0v) is 17.8. The van der Waals surface area contributed by atoms with Gasteiger partial charge in [0.25, 0.3) is 0 Å². The minimum atomic E-state index is -0.643. The number of aliphatic hydroxyl groups excluding tert-OH is 1. The predicted molar refractivity (Wildman–Crippen MR) is 120 cm³/mol. The highest BCUT2D eigenvalue weighted by Gasteiger charge is 2.20. The summed E-state index contributed by atoms with van der Waals surface area (Å²) in [6, 6.07) is 18.3. The molecule has 1 atom stereocenters. The van der Waals surface area contributed by atoms with Crippen LogP contribution in [0.3, 0.4) is 0 Å². The quantitative estimate of drug-likeness (QED) is 0.478. The fourth-order valence-corrected chi connectivity index (χ4v) is 3.68. The van der Waals surface area contributed by atoms with E-state index in [4.69, 9.17) is 11.6 Å². The Morgan fingerprint density at radius 2 is 1.83 bits per heavy atom. The van der Waals surface area contributed by atoms with Crippen molar-refractivity contribution in [2.24, 2.45) is 4.99 Å². The maximum Gasteiger partial charge on any atom is 0.191 e. The number of aliphatic imine (C=N–C) groups is 1. The molecule has 2 aromatic rings. The smallest absolute Gasteiger partial charge is 0.191 e. The maximum atomic E-state index is 10.4. The van der Waals surface area contributed by atoms with E-state index >= 15 is 0 Å². The summed E-state index contributed by atoms with van der Waals surface area (Å²) in [4.78, 5) is 7.09. The van der Waals surface area contributed by atoms with Crippen molar-refractivity contribution in [3.05, 3.63) is 70.7 Å². The summed E-state index contributed by atoms with van der Waals surface area (Å²) in [5.74, 6) is 0.766. The molecule has 156 valence electrons. The van der Waals surface area contributed by atoms with Crippen molar-refractivity contribution in [2.75, 3.05) is 26.2 Å². The topological polar surface area (TPSA) is 59.9 Å². The van der Waals surface area contributed by atoms with Crippen LogP contribution in [-0.2, 0) is 6.54 Å². The second kappa shape index (κ2) is 11.2. The number of benzene rings is 2. The molecule has 1 unspecified atom stereocenters. The summed E-state index contributed by atoms with van der Waals surface area (Å²) in [6.45, 7) is 6.29. The number of halogens is 1. The van der Waals surface area contributed by atoms with E-state index < -0.39 is 6.10 Å². The van der Waals surface area contributed by atoms with E-state index in [1.165, 1.54) is 5.56 Å². The molecule has 6 heteroatoms. The molecule has 0 spiro atoms. The van der Waals surface area contributed by atoms with Gasteiger partial charge in [-0.3, -0.25) is 9.89 Å². The Labute approximate surface area is 178 Å². The molecule has 0 aliphatic carbocycles. The second-order valence-corrected chi connectivity index (χ2v) is 7.90. The first-order chi connectivity index (χ1) is 14.1. The zero-order valence-electron chi connectivity index (χ0n) is 17.0. The fraction of sp³-hybridized carbons (Fsp3) is 0.435. The first-order valence-electron chi connectivity index (χ1n) is 10.4. The summed E-state index contributed by atoms with van der Waals surface area (Å²) >= 11 is 5.92. The lowest BCUT2D eigenvalue weighted by molar-refractivity contribution is 0.186. The van der Waals surface area contributed by atoms with E-state index in [-0.39, 0.29) is 0 Å². The van der Waals surface area contributed by atoms with Crippen molar-refractivity contribution in [3.8, 4) is 0 Å². The van der Waals surface area contributed by atoms with E-state index in [1.807, 2.05) is 12.1 Å². The van der Waals surface area contributed by atoms with E-state index in [2.05, 4.69) is 57.8 Å². The van der Waals surface area contributed by atoms with Crippen molar-refractivity contribution < 1.29 is 5.11 Å². The van der Waals surface area contributed by atoms with Crippen molar-refractivity contribution in [2.45, 2.75) is 38.5 Å². The molecule has 3 rings (SSSR count). The van der Waals surface area contributed by atoms with Gasteiger partial charge in [0.1, 0.15) is 0 Å². The van der Waals surface area contributed by atoms with Gasteiger partial charge in [-0.2, -0.15) is 0 Å². The van der Waals surface area contributed by atoms with Gasteiger partial charge in [0, 0.05) is 37.2 Å². The van der Waals surface area contributed by atoms with Crippen LogP contribution in [0.5, 0.6) is 0 Å². The first kappa shape index (κ1) is 21.6.